The van der Waals surface area contributed by atoms with Crippen LogP contribution in [-0.4, -0.2) is 306 Å². The lowest BCUT2D eigenvalue weighted by molar-refractivity contribution is -0.132. The number of piperazine rings is 2. The second-order valence-electron chi connectivity index (χ2n) is 37.5. The number of benzene rings is 3. The van der Waals surface area contributed by atoms with E-state index in [1.54, 1.807) is 7.11 Å². The van der Waals surface area contributed by atoms with E-state index in [9.17, 15) is 4.79 Å². The number of ether oxygens (including phenoxy) is 2. The van der Waals surface area contributed by atoms with E-state index in [2.05, 4.69) is 212 Å². The summed E-state index contributed by atoms with van der Waals surface area (Å²) in [6.07, 6.45) is 37.6. The van der Waals surface area contributed by atoms with Crippen LogP contribution >= 0.6 is 0 Å². The molecular weight excluding hydrogens is 1570 g/mol. The summed E-state index contributed by atoms with van der Waals surface area (Å²) in [5.74, 6) is 1.52. The molecule has 0 atom stereocenters. The molecule has 10 fully saturated rings. The number of morpholine rings is 1. The summed E-state index contributed by atoms with van der Waals surface area (Å²) in [5.41, 5.74) is 22.9. The molecule has 2 spiro atoms. The molecule has 1 amide bonds. The minimum absolute atomic E-state index is 0.306. The fourth-order valence-corrected chi connectivity index (χ4v) is 20.9. The van der Waals surface area contributed by atoms with E-state index in [1.807, 2.05) is 111 Å². The Balaban J connectivity index is 0.000000102. The van der Waals surface area contributed by atoms with Crippen molar-refractivity contribution in [3.8, 4) is 39.1 Å². The second kappa shape index (κ2) is 33.1. The molecule has 0 N–H and O–H groups in total. The average Bonchev–Trinajstić information content (AvgIpc) is 1.16. The molecule has 10 aliphatic rings. The minimum atomic E-state index is 0.306. The summed E-state index contributed by atoms with van der Waals surface area (Å²) in [6.45, 7) is 26.8. The van der Waals surface area contributed by atoms with Gasteiger partial charge in [0, 0.05) is 210 Å². The predicted molar refractivity (Wildman–Crippen MR) is 492 cm³/mol. The molecule has 3 aliphatic carbocycles. The van der Waals surface area contributed by atoms with E-state index < -0.39 is 0 Å². The van der Waals surface area contributed by atoms with Crippen molar-refractivity contribution >= 4 is 89.6 Å². The number of rotatable bonds is 14. The first kappa shape index (κ1) is 80.5. The zero-order valence-electron chi connectivity index (χ0n) is 73.5. The van der Waals surface area contributed by atoms with Crippen LogP contribution in [0.25, 0.3) is 88.7 Å². The molecule has 125 heavy (non-hydrogen) atoms. The van der Waals surface area contributed by atoms with Crippen molar-refractivity contribution in [3.63, 3.8) is 0 Å². The van der Waals surface area contributed by atoms with E-state index in [-0.39, 0.29) is 0 Å². The third-order valence-corrected chi connectivity index (χ3v) is 28.7. The minimum Gasteiger partial charge on any atom is -0.496 e. The van der Waals surface area contributed by atoms with Gasteiger partial charge in [-0.05, 0) is 178 Å². The summed E-state index contributed by atoms with van der Waals surface area (Å²) in [7, 11) is 12.7. The lowest BCUT2D eigenvalue weighted by Crippen LogP contribution is -2.66. The van der Waals surface area contributed by atoms with Crippen LogP contribution in [0.15, 0.2) is 160 Å². The molecule has 29 nitrogen and oxygen atoms in total. The number of pyridine rings is 3. The fourth-order valence-electron chi connectivity index (χ4n) is 20.9. The van der Waals surface area contributed by atoms with Crippen molar-refractivity contribution < 1.29 is 14.3 Å². The first-order chi connectivity index (χ1) is 60.9. The number of nitrogens with zero attached hydrogens (tertiary/aromatic N) is 26. The van der Waals surface area contributed by atoms with E-state index in [0.717, 1.165) is 264 Å². The highest BCUT2D eigenvalue weighted by atomic mass is 16.5. The number of carbonyl (C=O) groups is 1. The number of fused-ring (bicyclic) bond motifs is 7. The molecule has 0 radical (unpaired) electrons. The average molecular weight is 1680 g/mol. The molecule has 29 heteroatoms. The number of para-hydroxylation sites is 1. The lowest BCUT2D eigenvalue weighted by Gasteiger charge is -2.61. The molecule has 14 aromatic rings. The molecule has 0 bridgehead atoms. The number of carbonyl (C=O) groups excluding carboxylic acids is 1. The molecule has 646 valence electrons. The maximum Gasteiger partial charge on any atom is 0.225 e. The van der Waals surface area contributed by atoms with E-state index in [4.69, 9.17) is 29.4 Å². The van der Waals surface area contributed by atoms with Crippen molar-refractivity contribution in [1.29, 1.82) is 0 Å². The maximum atomic E-state index is 12.3. The molecular formula is C96H114N26O3. The Morgan fingerprint density at radius 1 is 0.448 bits per heavy atom. The number of hydrogen-bond donors (Lipinski definition) is 0. The Bertz CT molecular complexity index is 6310. The summed E-state index contributed by atoms with van der Waals surface area (Å²) >= 11 is 0. The summed E-state index contributed by atoms with van der Waals surface area (Å²) in [6, 6.07) is 27.8. The van der Waals surface area contributed by atoms with Crippen LogP contribution in [0.1, 0.15) is 68.2 Å². The third kappa shape index (κ3) is 15.7. The molecule has 11 aromatic heterocycles. The van der Waals surface area contributed by atoms with Gasteiger partial charge in [0.25, 0.3) is 0 Å². The van der Waals surface area contributed by atoms with Crippen LogP contribution in [0.4, 0.5) is 28.4 Å². The number of amides is 1. The Kier molecular flexibility index (Phi) is 21.3. The topological polar surface area (TPSA) is 231 Å². The van der Waals surface area contributed by atoms with Gasteiger partial charge in [-0.2, -0.15) is 20.4 Å². The van der Waals surface area contributed by atoms with Gasteiger partial charge in [0.2, 0.25) is 5.91 Å². The van der Waals surface area contributed by atoms with E-state index in [0.29, 0.717) is 34.7 Å². The molecule has 7 aliphatic heterocycles. The van der Waals surface area contributed by atoms with Gasteiger partial charge in [0.05, 0.1) is 134 Å². The van der Waals surface area contributed by atoms with Crippen LogP contribution < -0.4 is 29.2 Å². The highest BCUT2D eigenvalue weighted by Crippen LogP contribution is 2.53. The Morgan fingerprint density at radius 3 is 1.53 bits per heavy atom. The van der Waals surface area contributed by atoms with Gasteiger partial charge in [-0.3, -0.25) is 29.5 Å². The predicted octanol–water partition coefficient (Wildman–Crippen LogP) is 11.4. The first-order valence-corrected chi connectivity index (χ1v) is 45.0. The van der Waals surface area contributed by atoms with Gasteiger partial charge in [-0.15, -0.1) is 0 Å². The highest BCUT2D eigenvalue weighted by molar-refractivity contribution is 6.01. The van der Waals surface area contributed by atoms with E-state index in [1.165, 1.54) is 70.3 Å². The fraction of sp³-hybridized carbons (Fsp3) is 0.458. The Morgan fingerprint density at radius 2 is 0.960 bits per heavy atom. The number of aromatic nitrogens is 15. The quantitative estimate of drug-likeness (QED) is 0.0985. The van der Waals surface area contributed by atoms with Gasteiger partial charge in [0.15, 0.2) is 22.6 Å². The van der Waals surface area contributed by atoms with Gasteiger partial charge in [0.1, 0.15) is 11.4 Å². The Labute approximate surface area is 729 Å². The zero-order chi connectivity index (χ0) is 84.9. The van der Waals surface area contributed by atoms with Gasteiger partial charge < -0.3 is 53.6 Å². The van der Waals surface area contributed by atoms with Crippen LogP contribution in [0.3, 0.4) is 0 Å². The number of anilines is 5. The lowest BCUT2D eigenvalue weighted by atomic mass is 9.60. The number of hydrogen-bond acceptors (Lipinski definition) is 24. The third-order valence-electron chi connectivity index (χ3n) is 28.7. The summed E-state index contributed by atoms with van der Waals surface area (Å²) < 4.78 is 18.7. The van der Waals surface area contributed by atoms with Gasteiger partial charge >= 0.3 is 0 Å². The van der Waals surface area contributed by atoms with Crippen LogP contribution in [-0.2, 0) is 9.53 Å². The van der Waals surface area contributed by atoms with Gasteiger partial charge in [-0.25, -0.2) is 38.0 Å². The number of aryl methyl sites for hydroxylation is 3. The molecule has 24 rings (SSSR count). The van der Waals surface area contributed by atoms with Crippen molar-refractivity contribution in [3.05, 3.63) is 176 Å². The van der Waals surface area contributed by atoms with Crippen molar-refractivity contribution in [2.75, 3.05) is 198 Å². The smallest absolute Gasteiger partial charge is 0.225 e. The van der Waals surface area contributed by atoms with Gasteiger partial charge in [-0.1, -0.05) is 29.8 Å². The Hall–Kier alpha value is -11.6. The highest BCUT2D eigenvalue weighted by Gasteiger charge is 2.54. The molecule has 18 heterocycles. The standard InChI is InChI=1S/2C25H28N6O.C24H26N6.C22H32N8O/c1-16-7-22-20(8-23(16)32-4)19(5-6-26-22)21-12-28-31-13-18(11-27-24(21)31)30-14-25(15-30)9-17(10-25)29(2)3;1-18-2-3-24-22(14-18)21(4-7-26-24)23-16-28-31-17-20(15-27-25(23)31)29-8-5-19(6-9-29)30-10-12-32-13-11-30;1-16-8-20(19-6-4-5-7-22(19)27-16)21-12-26-30-13-18(11-25-23(21)30)29-14-24(15-29)9-17(10-24)28(2)3;1-25-4-6-26(7-5-25)19-14-29(15-19)18-12-23-21-20(13-24-30(21)16-18)27-8-10-28(11-9-27)22(31)17-2-3-17/h5-8,11-13,17H,9-10,14-15H2,1-4H3;2-4,7,14-17,19H,5-6,8-13H2,1H3;4-8,11-13,17H,9-10,14-15H2,1-3H3;12-13,16-17,19H,2-11,14-15H2,1H3. The number of methoxy groups -OCH3 is 1. The molecule has 7 saturated heterocycles. The molecule has 3 aromatic carbocycles. The molecule has 0 unspecified atom stereocenters. The van der Waals surface area contributed by atoms with Crippen LogP contribution in [0.5, 0.6) is 5.75 Å². The molecule has 3 saturated carbocycles. The first-order valence-electron chi connectivity index (χ1n) is 45.0. The zero-order valence-corrected chi connectivity index (χ0v) is 73.5. The normalized spacial score (nSPS) is 19.7. The number of piperidine rings is 1. The van der Waals surface area contributed by atoms with Crippen LogP contribution in [0, 0.1) is 37.5 Å². The van der Waals surface area contributed by atoms with Crippen molar-refractivity contribution in [2.45, 2.75) is 96.3 Å². The van der Waals surface area contributed by atoms with Crippen molar-refractivity contribution in [2.24, 2.45) is 16.7 Å². The second-order valence-corrected chi connectivity index (χ2v) is 37.5. The summed E-state index contributed by atoms with van der Waals surface area (Å²) in [5, 5.41) is 21.8. The maximum absolute atomic E-state index is 12.3. The monoisotopic (exact) mass is 1680 g/mol. The van der Waals surface area contributed by atoms with Crippen LogP contribution in [0.2, 0.25) is 0 Å². The SMILES string of the molecule is CN1CCN(C2CN(c3cnc4c(N5CCN(C(=O)C6CC6)CC5)cnn4c3)C2)CC1.COc1cc2c(-c3cnn4cc(N5CC6(CC(N(C)C)C6)C5)cnc34)ccnc2cc1C.Cc1cc(-c2cnn3cc(N4CC5(CC(N(C)C)C5)C4)cnc23)c2ccccc2n1.Cc1ccc2nccc(-c3cnn4cc(N5CCC(N6CCOCC6)CC5)cnc34)c2c1. The number of likely N-dealkylation sites (N-methyl/N-ethyl adjacent to an activating group) is 1. The van der Waals surface area contributed by atoms with E-state index >= 15 is 0 Å². The largest absolute Gasteiger partial charge is 0.496 e. The summed E-state index contributed by atoms with van der Waals surface area (Å²) in [4.78, 5) is 71.7. The van der Waals surface area contributed by atoms with Crippen molar-refractivity contribution in [1.82, 2.24) is 103 Å².